The van der Waals surface area contributed by atoms with Crippen molar-refractivity contribution in [1.29, 1.82) is 0 Å². The summed E-state index contributed by atoms with van der Waals surface area (Å²) in [6.45, 7) is 10.3. The van der Waals surface area contributed by atoms with Crippen LogP contribution in [-0.2, 0) is 6.54 Å². The van der Waals surface area contributed by atoms with Crippen molar-refractivity contribution >= 4 is 0 Å². The van der Waals surface area contributed by atoms with Crippen LogP contribution in [0.4, 0.5) is 0 Å². The van der Waals surface area contributed by atoms with Crippen LogP contribution in [0, 0.1) is 12.8 Å². The van der Waals surface area contributed by atoms with Crippen molar-refractivity contribution in [2.75, 3.05) is 33.3 Å². The molecule has 0 amide bonds. The number of benzene rings is 1. The molecule has 1 aliphatic heterocycles. The van der Waals surface area contributed by atoms with Crippen molar-refractivity contribution in [3.8, 4) is 5.75 Å². The maximum atomic E-state index is 5.41. The zero-order valence-electron chi connectivity index (χ0n) is 13.8. The van der Waals surface area contributed by atoms with E-state index in [0.717, 1.165) is 24.8 Å². The van der Waals surface area contributed by atoms with Crippen molar-refractivity contribution in [2.24, 2.45) is 5.92 Å². The first-order valence-corrected chi connectivity index (χ1v) is 8.25. The summed E-state index contributed by atoms with van der Waals surface area (Å²) in [7, 11) is 1.74. The standard InChI is InChI=1S/C18H30N2O/c1-15-7-11-20(12-8-15)10-4-9-19-14-17-13-16(2)5-6-18(17)21-3/h5-6,13,15,19H,4,7-12,14H2,1-3H3. The minimum Gasteiger partial charge on any atom is -0.496 e. The third-order valence-corrected chi connectivity index (χ3v) is 4.46. The lowest BCUT2D eigenvalue weighted by Gasteiger charge is -2.30. The molecular formula is C18H30N2O. The fraction of sp³-hybridized carbons (Fsp3) is 0.667. The van der Waals surface area contributed by atoms with E-state index < -0.39 is 0 Å². The van der Waals surface area contributed by atoms with Gasteiger partial charge in [-0.1, -0.05) is 24.6 Å². The number of nitrogens with zero attached hydrogens (tertiary/aromatic N) is 1. The number of aryl methyl sites for hydroxylation is 1. The van der Waals surface area contributed by atoms with Gasteiger partial charge in [0.15, 0.2) is 0 Å². The Kier molecular flexibility index (Phi) is 6.52. The molecular weight excluding hydrogens is 260 g/mol. The first-order chi connectivity index (χ1) is 10.2. The molecule has 0 radical (unpaired) electrons. The van der Waals surface area contributed by atoms with E-state index in [2.05, 4.69) is 42.3 Å². The average molecular weight is 290 g/mol. The molecule has 1 fully saturated rings. The molecule has 1 N–H and O–H groups in total. The minimum atomic E-state index is 0.891. The molecule has 1 aromatic rings. The molecule has 0 bridgehead atoms. The van der Waals surface area contributed by atoms with E-state index in [9.17, 15) is 0 Å². The van der Waals surface area contributed by atoms with Gasteiger partial charge in [0, 0.05) is 12.1 Å². The van der Waals surface area contributed by atoms with Crippen LogP contribution in [0.2, 0.25) is 0 Å². The number of rotatable bonds is 7. The Labute approximate surface area is 129 Å². The first kappa shape index (κ1) is 16.3. The second-order valence-electron chi connectivity index (χ2n) is 6.37. The Morgan fingerprint density at radius 3 is 2.76 bits per heavy atom. The van der Waals surface area contributed by atoms with Crippen LogP contribution in [-0.4, -0.2) is 38.2 Å². The lowest BCUT2D eigenvalue weighted by Crippen LogP contribution is -2.34. The van der Waals surface area contributed by atoms with Gasteiger partial charge in [-0.25, -0.2) is 0 Å². The molecule has 0 spiro atoms. The van der Waals surface area contributed by atoms with Crippen LogP contribution >= 0.6 is 0 Å². The van der Waals surface area contributed by atoms with Gasteiger partial charge in [0.25, 0.3) is 0 Å². The number of likely N-dealkylation sites (tertiary alicyclic amines) is 1. The van der Waals surface area contributed by atoms with E-state index in [1.807, 2.05) is 0 Å². The van der Waals surface area contributed by atoms with E-state index in [-0.39, 0.29) is 0 Å². The zero-order chi connectivity index (χ0) is 15.1. The molecule has 1 aliphatic rings. The molecule has 0 unspecified atom stereocenters. The molecule has 0 saturated carbocycles. The second kappa shape index (κ2) is 8.40. The summed E-state index contributed by atoms with van der Waals surface area (Å²) in [4.78, 5) is 2.61. The summed E-state index contributed by atoms with van der Waals surface area (Å²) in [5.74, 6) is 1.91. The Hall–Kier alpha value is -1.06. The van der Waals surface area contributed by atoms with Crippen molar-refractivity contribution in [3.05, 3.63) is 29.3 Å². The second-order valence-corrected chi connectivity index (χ2v) is 6.37. The first-order valence-electron chi connectivity index (χ1n) is 8.25. The molecule has 0 aliphatic carbocycles. The van der Waals surface area contributed by atoms with Gasteiger partial charge >= 0.3 is 0 Å². The fourth-order valence-electron chi connectivity index (χ4n) is 2.98. The monoisotopic (exact) mass is 290 g/mol. The predicted octanol–water partition coefficient (Wildman–Crippen LogP) is 3.22. The van der Waals surface area contributed by atoms with Crippen LogP contribution in [0.25, 0.3) is 0 Å². The summed E-state index contributed by atoms with van der Waals surface area (Å²) in [5, 5.41) is 3.55. The van der Waals surface area contributed by atoms with E-state index in [1.54, 1.807) is 7.11 Å². The Balaban J connectivity index is 1.64. The summed E-state index contributed by atoms with van der Waals surface area (Å²) in [6, 6.07) is 6.36. The van der Waals surface area contributed by atoms with E-state index in [1.165, 1.54) is 50.0 Å². The van der Waals surface area contributed by atoms with Crippen molar-refractivity contribution in [3.63, 3.8) is 0 Å². The quantitative estimate of drug-likeness (QED) is 0.780. The molecule has 1 saturated heterocycles. The number of hydrogen-bond acceptors (Lipinski definition) is 3. The third kappa shape index (κ3) is 5.33. The van der Waals surface area contributed by atoms with Crippen LogP contribution in [0.5, 0.6) is 5.75 Å². The topological polar surface area (TPSA) is 24.5 Å². The largest absolute Gasteiger partial charge is 0.496 e. The zero-order valence-corrected chi connectivity index (χ0v) is 13.8. The van der Waals surface area contributed by atoms with Gasteiger partial charge < -0.3 is 15.0 Å². The lowest BCUT2D eigenvalue weighted by molar-refractivity contribution is 0.190. The molecule has 3 nitrogen and oxygen atoms in total. The van der Waals surface area contributed by atoms with Crippen LogP contribution in [0.15, 0.2) is 18.2 Å². The smallest absolute Gasteiger partial charge is 0.123 e. The van der Waals surface area contributed by atoms with Crippen molar-refractivity contribution < 1.29 is 4.74 Å². The van der Waals surface area contributed by atoms with E-state index in [0.29, 0.717) is 0 Å². The Morgan fingerprint density at radius 1 is 1.29 bits per heavy atom. The van der Waals surface area contributed by atoms with Gasteiger partial charge in [0.2, 0.25) is 0 Å². The molecule has 0 aromatic heterocycles. The highest BCUT2D eigenvalue weighted by Crippen LogP contribution is 2.19. The number of nitrogens with one attached hydrogen (secondary N) is 1. The van der Waals surface area contributed by atoms with E-state index in [4.69, 9.17) is 4.74 Å². The fourth-order valence-corrected chi connectivity index (χ4v) is 2.98. The molecule has 21 heavy (non-hydrogen) atoms. The van der Waals surface area contributed by atoms with Gasteiger partial charge in [-0.15, -0.1) is 0 Å². The normalized spacial score (nSPS) is 17.1. The number of ether oxygens (including phenoxy) is 1. The van der Waals surface area contributed by atoms with Crippen LogP contribution in [0.3, 0.4) is 0 Å². The number of methoxy groups -OCH3 is 1. The van der Waals surface area contributed by atoms with Gasteiger partial charge in [-0.05, 0) is 64.3 Å². The molecule has 3 heteroatoms. The molecule has 1 aromatic carbocycles. The van der Waals surface area contributed by atoms with Gasteiger partial charge in [-0.2, -0.15) is 0 Å². The summed E-state index contributed by atoms with van der Waals surface area (Å²) in [6.07, 6.45) is 3.96. The van der Waals surface area contributed by atoms with Crippen molar-refractivity contribution in [2.45, 2.75) is 39.7 Å². The SMILES string of the molecule is COc1ccc(C)cc1CNCCCN1CCC(C)CC1. The maximum Gasteiger partial charge on any atom is 0.123 e. The lowest BCUT2D eigenvalue weighted by atomic mass is 9.99. The average Bonchev–Trinajstić information content (AvgIpc) is 2.49. The maximum absolute atomic E-state index is 5.41. The van der Waals surface area contributed by atoms with E-state index >= 15 is 0 Å². The van der Waals surface area contributed by atoms with Gasteiger partial charge in [-0.3, -0.25) is 0 Å². The molecule has 0 atom stereocenters. The highest BCUT2D eigenvalue weighted by molar-refractivity contribution is 5.36. The van der Waals surface area contributed by atoms with Crippen LogP contribution < -0.4 is 10.1 Å². The molecule has 1 heterocycles. The Bertz CT molecular complexity index is 425. The summed E-state index contributed by atoms with van der Waals surface area (Å²) >= 11 is 0. The highest BCUT2D eigenvalue weighted by Gasteiger charge is 2.14. The summed E-state index contributed by atoms with van der Waals surface area (Å²) < 4.78 is 5.41. The molecule has 118 valence electrons. The number of hydrogen-bond donors (Lipinski definition) is 1. The third-order valence-electron chi connectivity index (χ3n) is 4.46. The highest BCUT2D eigenvalue weighted by atomic mass is 16.5. The Morgan fingerprint density at radius 2 is 2.05 bits per heavy atom. The minimum absolute atomic E-state index is 0.891. The van der Waals surface area contributed by atoms with Crippen molar-refractivity contribution in [1.82, 2.24) is 10.2 Å². The van der Waals surface area contributed by atoms with Gasteiger partial charge in [0.1, 0.15) is 5.75 Å². The predicted molar refractivity (Wildman–Crippen MR) is 88.9 cm³/mol. The van der Waals surface area contributed by atoms with Gasteiger partial charge in [0.05, 0.1) is 7.11 Å². The van der Waals surface area contributed by atoms with Crippen LogP contribution in [0.1, 0.15) is 37.3 Å². The molecule has 2 rings (SSSR count). The number of piperidine rings is 1. The summed E-state index contributed by atoms with van der Waals surface area (Å²) in [5.41, 5.74) is 2.54.